The average Bonchev–Trinajstić information content (AvgIpc) is 2.42. The van der Waals surface area contributed by atoms with E-state index in [9.17, 15) is 18.3 Å². The van der Waals surface area contributed by atoms with Gasteiger partial charge in [-0.25, -0.2) is 8.42 Å². The second kappa shape index (κ2) is 7.38. The number of hydrogen-bond donors (Lipinski definition) is 3. The number of nitrogens with one attached hydrogen (secondary N) is 1. The number of rotatable bonds is 7. The Morgan fingerprint density at radius 1 is 1.35 bits per heavy atom. The van der Waals surface area contributed by atoms with Crippen molar-refractivity contribution in [3.8, 4) is 0 Å². The number of amides is 1. The third kappa shape index (κ3) is 5.76. The van der Waals surface area contributed by atoms with Crippen molar-refractivity contribution in [2.45, 2.75) is 44.6 Å². The molecule has 1 aliphatic rings. The molecular formula is C13H26N2O4S. The van der Waals surface area contributed by atoms with Crippen molar-refractivity contribution in [1.29, 1.82) is 0 Å². The molecule has 0 saturated heterocycles. The number of aliphatic hydroxyl groups is 1. The summed E-state index contributed by atoms with van der Waals surface area (Å²) in [6.07, 6.45) is 6.36. The van der Waals surface area contributed by atoms with Crippen LogP contribution in [0.2, 0.25) is 0 Å². The molecule has 1 saturated carbocycles. The summed E-state index contributed by atoms with van der Waals surface area (Å²) in [7, 11) is -3.10. The number of hydrogen-bond acceptors (Lipinski definition) is 5. The predicted octanol–water partition coefficient (Wildman–Crippen LogP) is -0.193. The molecule has 7 heteroatoms. The fraction of sp³-hybridized carbons (Fsp3) is 0.923. The summed E-state index contributed by atoms with van der Waals surface area (Å²) in [6.45, 7) is 0.473. The van der Waals surface area contributed by atoms with Gasteiger partial charge in [0.1, 0.15) is 9.84 Å². The van der Waals surface area contributed by atoms with Crippen LogP contribution in [0, 0.1) is 5.41 Å². The van der Waals surface area contributed by atoms with Gasteiger partial charge in [0.25, 0.3) is 0 Å². The highest BCUT2D eigenvalue weighted by atomic mass is 32.2. The zero-order valence-electron chi connectivity index (χ0n) is 12.1. The molecule has 0 aromatic heterocycles. The third-order valence-corrected chi connectivity index (χ3v) is 5.00. The van der Waals surface area contributed by atoms with E-state index in [1.54, 1.807) is 0 Å². The van der Waals surface area contributed by atoms with Gasteiger partial charge in [0.15, 0.2) is 0 Å². The minimum atomic E-state index is -3.10. The third-order valence-electron chi connectivity index (χ3n) is 4.02. The quantitative estimate of drug-likeness (QED) is 0.604. The van der Waals surface area contributed by atoms with Gasteiger partial charge in [-0.15, -0.1) is 0 Å². The number of nitrogens with two attached hydrogens (primary N) is 1. The molecular weight excluding hydrogens is 280 g/mol. The van der Waals surface area contributed by atoms with Gasteiger partial charge in [-0.05, 0) is 19.3 Å². The molecule has 1 atom stereocenters. The lowest BCUT2D eigenvalue weighted by Crippen LogP contribution is -2.47. The normalized spacial score (nSPS) is 20.4. The van der Waals surface area contributed by atoms with Crippen LogP contribution < -0.4 is 11.1 Å². The maximum atomic E-state index is 11.8. The van der Waals surface area contributed by atoms with Gasteiger partial charge in [-0.3, -0.25) is 4.79 Å². The summed E-state index contributed by atoms with van der Waals surface area (Å²) in [6, 6.07) is -0.816. The first-order valence-electron chi connectivity index (χ1n) is 7.10. The minimum Gasteiger partial charge on any atom is -0.396 e. The largest absolute Gasteiger partial charge is 0.396 e. The van der Waals surface area contributed by atoms with E-state index in [-0.39, 0.29) is 30.1 Å². The van der Waals surface area contributed by atoms with Crippen LogP contribution in [0.1, 0.15) is 38.5 Å². The van der Waals surface area contributed by atoms with Crippen molar-refractivity contribution in [2.75, 3.05) is 25.2 Å². The van der Waals surface area contributed by atoms with Gasteiger partial charge >= 0.3 is 0 Å². The molecule has 20 heavy (non-hydrogen) atoms. The Labute approximate surface area is 121 Å². The maximum absolute atomic E-state index is 11.8. The van der Waals surface area contributed by atoms with E-state index < -0.39 is 15.9 Å². The van der Waals surface area contributed by atoms with E-state index in [0.29, 0.717) is 6.54 Å². The van der Waals surface area contributed by atoms with Crippen LogP contribution in [-0.4, -0.2) is 50.6 Å². The van der Waals surface area contributed by atoms with E-state index in [1.807, 2.05) is 0 Å². The van der Waals surface area contributed by atoms with Gasteiger partial charge in [0.2, 0.25) is 5.91 Å². The lowest BCUT2D eigenvalue weighted by Gasteiger charge is -2.35. The van der Waals surface area contributed by atoms with E-state index in [2.05, 4.69) is 5.32 Å². The Bertz CT molecular complexity index is 416. The van der Waals surface area contributed by atoms with Crippen LogP contribution >= 0.6 is 0 Å². The molecule has 0 aliphatic heterocycles. The van der Waals surface area contributed by atoms with Crippen LogP contribution in [0.25, 0.3) is 0 Å². The number of carbonyl (C=O) groups is 1. The molecule has 1 fully saturated rings. The van der Waals surface area contributed by atoms with Gasteiger partial charge < -0.3 is 16.2 Å². The zero-order valence-corrected chi connectivity index (χ0v) is 12.9. The van der Waals surface area contributed by atoms with Crippen molar-refractivity contribution in [3.05, 3.63) is 0 Å². The molecule has 1 aliphatic carbocycles. The number of carbonyl (C=O) groups excluding carboxylic acids is 1. The number of aliphatic hydroxyl groups excluding tert-OH is 1. The number of sulfone groups is 1. The van der Waals surface area contributed by atoms with E-state index in [0.717, 1.165) is 31.9 Å². The van der Waals surface area contributed by atoms with Crippen LogP contribution in [0.3, 0.4) is 0 Å². The lowest BCUT2D eigenvalue weighted by molar-refractivity contribution is -0.123. The molecule has 0 aromatic carbocycles. The summed E-state index contributed by atoms with van der Waals surface area (Å²) in [4.78, 5) is 11.8. The topological polar surface area (TPSA) is 109 Å². The smallest absolute Gasteiger partial charge is 0.236 e. The van der Waals surface area contributed by atoms with Crippen molar-refractivity contribution < 1.29 is 18.3 Å². The van der Waals surface area contributed by atoms with Crippen molar-refractivity contribution in [3.63, 3.8) is 0 Å². The summed E-state index contributed by atoms with van der Waals surface area (Å²) >= 11 is 0. The van der Waals surface area contributed by atoms with Crippen LogP contribution in [0.5, 0.6) is 0 Å². The predicted molar refractivity (Wildman–Crippen MR) is 77.9 cm³/mol. The fourth-order valence-electron chi connectivity index (χ4n) is 2.57. The highest BCUT2D eigenvalue weighted by Gasteiger charge is 2.32. The van der Waals surface area contributed by atoms with Gasteiger partial charge in [-0.2, -0.15) is 0 Å². The summed E-state index contributed by atoms with van der Waals surface area (Å²) in [5.74, 6) is -0.431. The van der Waals surface area contributed by atoms with Gasteiger partial charge in [0.05, 0.1) is 18.4 Å². The summed E-state index contributed by atoms with van der Waals surface area (Å²) < 4.78 is 22.1. The van der Waals surface area contributed by atoms with Gasteiger partial charge in [-0.1, -0.05) is 19.3 Å². The van der Waals surface area contributed by atoms with Crippen molar-refractivity contribution in [2.24, 2.45) is 11.1 Å². The summed E-state index contributed by atoms with van der Waals surface area (Å²) in [5.41, 5.74) is 5.45. The van der Waals surface area contributed by atoms with E-state index >= 15 is 0 Å². The molecule has 1 unspecified atom stereocenters. The molecule has 0 radical (unpaired) electrons. The Hall–Kier alpha value is -0.660. The SMILES string of the molecule is CS(=O)(=O)CCC(N)C(=O)NCC1(CO)CCCCC1. The molecule has 4 N–H and O–H groups in total. The van der Waals surface area contributed by atoms with E-state index in [4.69, 9.17) is 5.73 Å². The molecule has 0 heterocycles. The first kappa shape index (κ1) is 17.4. The van der Waals surface area contributed by atoms with Crippen molar-refractivity contribution in [1.82, 2.24) is 5.32 Å². The molecule has 6 nitrogen and oxygen atoms in total. The highest BCUT2D eigenvalue weighted by molar-refractivity contribution is 7.90. The molecule has 0 bridgehead atoms. The van der Waals surface area contributed by atoms with Gasteiger partial charge in [0, 0.05) is 18.2 Å². The second-order valence-corrected chi connectivity index (χ2v) is 8.22. The average molecular weight is 306 g/mol. The monoisotopic (exact) mass is 306 g/mol. The molecule has 0 spiro atoms. The van der Waals surface area contributed by atoms with Crippen LogP contribution in [0.4, 0.5) is 0 Å². The van der Waals surface area contributed by atoms with E-state index in [1.165, 1.54) is 6.42 Å². The Morgan fingerprint density at radius 2 is 1.95 bits per heavy atom. The molecule has 0 aromatic rings. The zero-order chi connectivity index (χ0) is 15.2. The highest BCUT2D eigenvalue weighted by Crippen LogP contribution is 2.35. The molecule has 118 valence electrons. The standard InChI is InChI=1S/C13H26N2O4S/c1-20(18,19)8-5-11(14)12(17)15-9-13(10-16)6-3-2-4-7-13/h11,16H,2-10,14H2,1H3,(H,15,17). The Balaban J connectivity index is 2.41. The lowest BCUT2D eigenvalue weighted by atomic mass is 9.74. The second-order valence-electron chi connectivity index (χ2n) is 5.96. The minimum absolute atomic E-state index is 0.0614. The fourth-order valence-corrected chi connectivity index (χ4v) is 3.25. The van der Waals surface area contributed by atoms with Crippen LogP contribution in [0.15, 0.2) is 0 Å². The first-order valence-corrected chi connectivity index (χ1v) is 9.16. The molecule has 1 rings (SSSR count). The van der Waals surface area contributed by atoms with Crippen molar-refractivity contribution >= 4 is 15.7 Å². The Morgan fingerprint density at radius 3 is 2.45 bits per heavy atom. The summed E-state index contributed by atoms with van der Waals surface area (Å²) in [5, 5.41) is 12.3. The maximum Gasteiger partial charge on any atom is 0.236 e. The molecule has 1 amide bonds. The Kier molecular flexibility index (Phi) is 6.42. The van der Waals surface area contributed by atoms with Crippen LogP contribution in [-0.2, 0) is 14.6 Å². The first-order chi connectivity index (χ1) is 9.28.